The van der Waals surface area contributed by atoms with Crippen LogP contribution in [0, 0.1) is 13.8 Å². The van der Waals surface area contributed by atoms with Gasteiger partial charge in [0.1, 0.15) is 5.76 Å². The van der Waals surface area contributed by atoms with Crippen molar-refractivity contribution in [1.29, 1.82) is 0 Å². The second kappa shape index (κ2) is 9.74. The predicted molar refractivity (Wildman–Crippen MR) is 104 cm³/mol. The second-order valence-corrected chi connectivity index (χ2v) is 6.80. The highest BCUT2D eigenvalue weighted by Gasteiger charge is 2.22. The fourth-order valence-corrected chi connectivity index (χ4v) is 3.35. The number of hydrogen-bond acceptors (Lipinski definition) is 4. The van der Waals surface area contributed by atoms with Crippen LogP contribution in [-0.2, 0) is 17.8 Å². The van der Waals surface area contributed by atoms with Crippen LogP contribution < -0.4 is 0 Å². The number of aryl methyl sites for hydroxylation is 3. The molecule has 2 aromatic rings. The molecule has 1 saturated heterocycles. The lowest BCUT2D eigenvalue weighted by atomic mass is 10.1. The van der Waals surface area contributed by atoms with Crippen LogP contribution in [0.2, 0.25) is 0 Å². The Bertz CT molecular complexity index is 675. The van der Waals surface area contributed by atoms with Crippen molar-refractivity contribution >= 4 is 18.3 Å². The summed E-state index contributed by atoms with van der Waals surface area (Å²) in [6.45, 7) is 8.25. The number of carbonyl (C=O) groups excluding carboxylic acids is 1. The Morgan fingerprint density at radius 1 is 1.12 bits per heavy atom. The number of hydrogen-bond donors (Lipinski definition) is 0. The monoisotopic (exact) mass is 377 g/mol. The van der Waals surface area contributed by atoms with E-state index in [1.165, 1.54) is 11.1 Å². The van der Waals surface area contributed by atoms with E-state index < -0.39 is 0 Å². The molecule has 0 atom stereocenters. The summed E-state index contributed by atoms with van der Waals surface area (Å²) in [6.07, 6.45) is 2.53. The quantitative estimate of drug-likeness (QED) is 0.774. The van der Waals surface area contributed by atoms with Gasteiger partial charge in [-0.15, -0.1) is 12.4 Å². The summed E-state index contributed by atoms with van der Waals surface area (Å²) < 4.78 is 5.24. The molecule has 0 spiro atoms. The molecular formula is C20H28ClN3O2. The Balaban J connectivity index is 0.00000243. The Hall–Kier alpha value is -1.85. The van der Waals surface area contributed by atoms with E-state index in [-0.39, 0.29) is 18.3 Å². The van der Waals surface area contributed by atoms with Gasteiger partial charge in [-0.05, 0) is 32.3 Å². The first kappa shape index (κ1) is 20.5. The van der Waals surface area contributed by atoms with E-state index in [0.29, 0.717) is 6.42 Å². The van der Waals surface area contributed by atoms with Crippen molar-refractivity contribution in [3.63, 3.8) is 0 Å². The average Bonchev–Trinajstić information content (AvgIpc) is 2.95. The van der Waals surface area contributed by atoms with E-state index in [1.807, 2.05) is 24.8 Å². The molecule has 1 fully saturated rings. The minimum atomic E-state index is 0. The van der Waals surface area contributed by atoms with Gasteiger partial charge in [-0.3, -0.25) is 9.69 Å². The van der Waals surface area contributed by atoms with Crippen LogP contribution in [0.4, 0.5) is 0 Å². The van der Waals surface area contributed by atoms with Gasteiger partial charge in [0.2, 0.25) is 5.91 Å². The maximum Gasteiger partial charge on any atom is 0.222 e. The molecule has 3 rings (SSSR count). The maximum atomic E-state index is 12.4. The zero-order valence-corrected chi connectivity index (χ0v) is 16.4. The summed E-state index contributed by atoms with van der Waals surface area (Å²) in [5, 5.41) is 4.02. The number of rotatable bonds is 6. The molecule has 1 aliphatic heterocycles. The molecule has 0 bridgehead atoms. The maximum absolute atomic E-state index is 12.4. The summed E-state index contributed by atoms with van der Waals surface area (Å²) in [4.78, 5) is 16.8. The standard InChI is InChI=1S/C20H27N3O2.ClH/c1-16-19(17(2)25-21-16)15-22-11-13-23(14-12-22)20(24)10-6-9-18-7-4-3-5-8-18;/h3-5,7-8H,6,9-15H2,1-2H3;1H. The Morgan fingerprint density at radius 3 is 2.42 bits per heavy atom. The summed E-state index contributed by atoms with van der Waals surface area (Å²) in [6, 6.07) is 10.4. The molecule has 2 heterocycles. The van der Waals surface area contributed by atoms with Gasteiger partial charge in [-0.2, -0.15) is 0 Å². The van der Waals surface area contributed by atoms with Crippen molar-refractivity contribution in [3.05, 3.63) is 52.9 Å². The van der Waals surface area contributed by atoms with Crippen LogP contribution in [0.5, 0.6) is 0 Å². The van der Waals surface area contributed by atoms with Crippen LogP contribution in [0.25, 0.3) is 0 Å². The van der Waals surface area contributed by atoms with Crippen LogP contribution in [0.15, 0.2) is 34.9 Å². The molecule has 5 nitrogen and oxygen atoms in total. The molecule has 0 N–H and O–H groups in total. The fourth-order valence-electron chi connectivity index (χ4n) is 3.35. The highest BCUT2D eigenvalue weighted by atomic mass is 35.5. The van der Waals surface area contributed by atoms with Crippen LogP contribution in [-0.4, -0.2) is 47.0 Å². The highest BCUT2D eigenvalue weighted by Crippen LogP contribution is 2.16. The lowest BCUT2D eigenvalue weighted by Crippen LogP contribution is -2.48. The third-order valence-electron chi connectivity index (χ3n) is 4.99. The van der Waals surface area contributed by atoms with E-state index in [9.17, 15) is 4.79 Å². The lowest BCUT2D eigenvalue weighted by Gasteiger charge is -2.34. The number of aromatic nitrogens is 1. The van der Waals surface area contributed by atoms with Gasteiger partial charge in [0.25, 0.3) is 0 Å². The zero-order chi connectivity index (χ0) is 17.6. The van der Waals surface area contributed by atoms with Crippen molar-refractivity contribution in [2.45, 2.75) is 39.7 Å². The van der Waals surface area contributed by atoms with Gasteiger partial charge >= 0.3 is 0 Å². The molecule has 0 radical (unpaired) electrons. The Labute approximate surface area is 161 Å². The number of piperazine rings is 1. The smallest absolute Gasteiger partial charge is 0.222 e. The second-order valence-electron chi connectivity index (χ2n) is 6.80. The number of nitrogens with zero attached hydrogens (tertiary/aromatic N) is 3. The van der Waals surface area contributed by atoms with Gasteiger partial charge in [0, 0.05) is 44.7 Å². The molecule has 26 heavy (non-hydrogen) atoms. The molecule has 1 amide bonds. The zero-order valence-electron chi connectivity index (χ0n) is 15.6. The lowest BCUT2D eigenvalue weighted by molar-refractivity contribution is -0.133. The molecule has 142 valence electrons. The minimum Gasteiger partial charge on any atom is -0.361 e. The average molecular weight is 378 g/mol. The summed E-state index contributed by atoms with van der Waals surface area (Å²) in [5.41, 5.74) is 3.46. The first-order valence-corrected chi connectivity index (χ1v) is 9.09. The van der Waals surface area contributed by atoms with E-state index in [0.717, 1.165) is 57.0 Å². The SMILES string of the molecule is Cc1noc(C)c1CN1CCN(C(=O)CCCc2ccccc2)CC1.Cl. The third-order valence-corrected chi connectivity index (χ3v) is 4.99. The van der Waals surface area contributed by atoms with E-state index in [4.69, 9.17) is 4.52 Å². The molecule has 0 saturated carbocycles. The van der Waals surface area contributed by atoms with Crippen molar-refractivity contribution in [2.75, 3.05) is 26.2 Å². The summed E-state index contributed by atoms with van der Waals surface area (Å²) in [7, 11) is 0. The highest BCUT2D eigenvalue weighted by molar-refractivity contribution is 5.85. The van der Waals surface area contributed by atoms with Crippen molar-refractivity contribution in [1.82, 2.24) is 15.0 Å². The minimum absolute atomic E-state index is 0. The van der Waals surface area contributed by atoms with Crippen LogP contribution in [0.1, 0.15) is 35.4 Å². The number of carbonyl (C=O) groups is 1. The van der Waals surface area contributed by atoms with Gasteiger partial charge in [-0.25, -0.2) is 0 Å². The van der Waals surface area contributed by atoms with E-state index >= 15 is 0 Å². The molecule has 6 heteroatoms. The molecule has 1 aromatic heterocycles. The molecule has 0 unspecified atom stereocenters. The molecule has 1 aliphatic rings. The van der Waals surface area contributed by atoms with E-state index in [2.05, 4.69) is 34.3 Å². The largest absolute Gasteiger partial charge is 0.361 e. The van der Waals surface area contributed by atoms with Gasteiger partial charge < -0.3 is 9.42 Å². The van der Waals surface area contributed by atoms with Crippen LogP contribution in [0.3, 0.4) is 0 Å². The first-order valence-electron chi connectivity index (χ1n) is 9.09. The number of amides is 1. The first-order chi connectivity index (χ1) is 12.1. The van der Waals surface area contributed by atoms with Crippen molar-refractivity contribution in [2.24, 2.45) is 0 Å². The van der Waals surface area contributed by atoms with Crippen molar-refractivity contribution in [3.8, 4) is 0 Å². The number of benzene rings is 1. The Kier molecular flexibility index (Phi) is 7.66. The van der Waals surface area contributed by atoms with Gasteiger partial charge in [0.05, 0.1) is 5.69 Å². The normalized spacial score (nSPS) is 14.9. The summed E-state index contributed by atoms with van der Waals surface area (Å²) >= 11 is 0. The third kappa shape index (κ3) is 5.32. The van der Waals surface area contributed by atoms with Gasteiger partial charge in [0.15, 0.2) is 0 Å². The Morgan fingerprint density at radius 2 is 1.81 bits per heavy atom. The molecule has 0 aliphatic carbocycles. The predicted octanol–water partition coefficient (Wildman–Crippen LogP) is 3.38. The fraction of sp³-hybridized carbons (Fsp3) is 0.500. The van der Waals surface area contributed by atoms with Crippen LogP contribution >= 0.6 is 12.4 Å². The number of halogens is 1. The van der Waals surface area contributed by atoms with Gasteiger partial charge in [-0.1, -0.05) is 35.5 Å². The molecular weight excluding hydrogens is 350 g/mol. The van der Waals surface area contributed by atoms with Crippen molar-refractivity contribution < 1.29 is 9.32 Å². The van der Waals surface area contributed by atoms with E-state index in [1.54, 1.807) is 0 Å². The topological polar surface area (TPSA) is 49.6 Å². The summed E-state index contributed by atoms with van der Waals surface area (Å²) in [5.74, 6) is 1.19. The molecule has 1 aromatic carbocycles.